The van der Waals surface area contributed by atoms with Crippen molar-refractivity contribution >= 4 is 11.8 Å². The van der Waals surface area contributed by atoms with Crippen molar-refractivity contribution in [1.29, 1.82) is 0 Å². The van der Waals surface area contributed by atoms with E-state index in [4.69, 9.17) is 5.73 Å². The maximum atomic E-state index is 12.4. The largest absolute Gasteiger partial charge is 0.368 e. The Morgan fingerprint density at radius 2 is 1.92 bits per heavy atom. The van der Waals surface area contributed by atoms with Crippen LogP contribution in [0.5, 0.6) is 0 Å². The second-order valence-electron chi connectivity index (χ2n) is 6.30. The van der Waals surface area contributed by atoms with Crippen molar-refractivity contribution in [2.24, 2.45) is 11.7 Å². The maximum absolute atomic E-state index is 12.4. The average Bonchev–Trinajstić information content (AvgIpc) is 3.01. The van der Waals surface area contributed by atoms with Crippen molar-refractivity contribution in [3.63, 3.8) is 0 Å². The van der Waals surface area contributed by atoms with E-state index in [1.807, 2.05) is 33.8 Å². The molecule has 2 rings (SSSR count). The fourth-order valence-corrected chi connectivity index (χ4v) is 2.43. The molecule has 0 bridgehead atoms. The molecule has 7 nitrogen and oxygen atoms in total. The SMILES string of the molecule is CC(C)[C@H](NC(=O)c1cccc(-c2ncnn2C(C)C)c1)C(N)=O. The molecular formula is C17H23N5O2. The number of nitrogens with two attached hydrogens (primary N) is 1. The molecule has 0 fully saturated rings. The fraction of sp³-hybridized carbons (Fsp3) is 0.412. The summed E-state index contributed by atoms with van der Waals surface area (Å²) < 4.78 is 1.79. The van der Waals surface area contributed by atoms with Gasteiger partial charge in [0.05, 0.1) is 0 Å². The lowest BCUT2D eigenvalue weighted by molar-refractivity contribution is -0.120. The van der Waals surface area contributed by atoms with E-state index >= 15 is 0 Å². The summed E-state index contributed by atoms with van der Waals surface area (Å²) in [6, 6.07) is 6.51. The Balaban J connectivity index is 2.28. The monoisotopic (exact) mass is 329 g/mol. The van der Waals surface area contributed by atoms with Gasteiger partial charge in [0.25, 0.3) is 5.91 Å². The van der Waals surface area contributed by atoms with Crippen LogP contribution in [0.15, 0.2) is 30.6 Å². The van der Waals surface area contributed by atoms with Gasteiger partial charge in [0.2, 0.25) is 5.91 Å². The molecule has 24 heavy (non-hydrogen) atoms. The third-order valence-electron chi connectivity index (χ3n) is 3.70. The van der Waals surface area contributed by atoms with Gasteiger partial charge in [-0.15, -0.1) is 0 Å². The van der Waals surface area contributed by atoms with E-state index in [1.54, 1.807) is 22.9 Å². The topological polar surface area (TPSA) is 103 Å². The number of hydrogen-bond acceptors (Lipinski definition) is 4. The van der Waals surface area contributed by atoms with Crippen molar-refractivity contribution in [2.75, 3.05) is 0 Å². The van der Waals surface area contributed by atoms with Gasteiger partial charge in [-0.3, -0.25) is 9.59 Å². The number of hydrogen-bond donors (Lipinski definition) is 2. The second-order valence-corrected chi connectivity index (χ2v) is 6.30. The third-order valence-corrected chi connectivity index (χ3v) is 3.70. The number of primary amides is 1. The maximum Gasteiger partial charge on any atom is 0.251 e. The Bertz CT molecular complexity index is 736. The van der Waals surface area contributed by atoms with Crippen LogP contribution >= 0.6 is 0 Å². The second kappa shape index (κ2) is 7.25. The molecule has 2 aromatic rings. The van der Waals surface area contributed by atoms with Crippen molar-refractivity contribution in [3.8, 4) is 11.4 Å². The Kier molecular flexibility index (Phi) is 5.33. The van der Waals surface area contributed by atoms with E-state index in [2.05, 4.69) is 15.4 Å². The zero-order valence-electron chi connectivity index (χ0n) is 14.4. The number of carbonyl (C=O) groups is 2. The van der Waals surface area contributed by atoms with Gasteiger partial charge >= 0.3 is 0 Å². The van der Waals surface area contributed by atoms with Crippen LogP contribution in [-0.4, -0.2) is 32.6 Å². The zero-order chi connectivity index (χ0) is 17.9. The highest BCUT2D eigenvalue weighted by Gasteiger charge is 2.22. The number of benzene rings is 1. The van der Waals surface area contributed by atoms with E-state index in [0.29, 0.717) is 11.4 Å². The molecule has 0 aliphatic rings. The van der Waals surface area contributed by atoms with Gasteiger partial charge in [-0.1, -0.05) is 26.0 Å². The van der Waals surface area contributed by atoms with E-state index in [0.717, 1.165) is 5.56 Å². The predicted molar refractivity (Wildman–Crippen MR) is 91.1 cm³/mol. The lowest BCUT2D eigenvalue weighted by atomic mass is 10.0. The lowest BCUT2D eigenvalue weighted by Crippen LogP contribution is -2.47. The highest BCUT2D eigenvalue weighted by molar-refractivity contribution is 5.98. The zero-order valence-corrected chi connectivity index (χ0v) is 14.4. The third kappa shape index (κ3) is 3.79. The van der Waals surface area contributed by atoms with Gasteiger partial charge in [0.15, 0.2) is 5.82 Å². The first-order chi connectivity index (χ1) is 11.3. The number of carbonyl (C=O) groups excluding carboxylic acids is 2. The minimum atomic E-state index is -0.708. The predicted octanol–water partition coefficient (Wildman–Crippen LogP) is 1.77. The van der Waals surface area contributed by atoms with Crippen LogP contribution < -0.4 is 11.1 Å². The summed E-state index contributed by atoms with van der Waals surface area (Å²) in [6.45, 7) is 7.68. The lowest BCUT2D eigenvalue weighted by Gasteiger charge is -2.19. The molecule has 7 heteroatoms. The summed E-state index contributed by atoms with van der Waals surface area (Å²) in [5.74, 6) is -0.285. The molecule has 1 aromatic carbocycles. The van der Waals surface area contributed by atoms with Crippen LogP contribution in [0.25, 0.3) is 11.4 Å². The fourth-order valence-electron chi connectivity index (χ4n) is 2.43. The minimum Gasteiger partial charge on any atom is -0.368 e. The van der Waals surface area contributed by atoms with Gasteiger partial charge in [-0.05, 0) is 31.9 Å². The van der Waals surface area contributed by atoms with Gasteiger partial charge in [0, 0.05) is 17.2 Å². The number of nitrogens with one attached hydrogen (secondary N) is 1. The van der Waals surface area contributed by atoms with Crippen molar-refractivity contribution in [1.82, 2.24) is 20.1 Å². The quantitative estimate of drug-likeness (QED) is 0.843. The Labute approximate surface area is 141 Å². The summed E-state index contributed by atoms with van der Waals surface area (Å²) in [6.07, 6.45) is 1.49. The summed E-state index contributed by atoms with van der Waals surface area (Å²) in [4.78, 5) is 28.2. The molecule has 0 unspecified atom stereocenters. The molecule has 2 amide bonds. The van der Waals surface area contributed by atoms with Crippen LogP contribution in [0.3, 0.4) is 0 Å². The molecule has 1 atom stereocenters. The highest BCUT2D eigenvalue weighted by atomic mass is 16.2. The van der Waals surface area contributed by atoms with Gasteiger partial charge in [0.1, 0.15) is 12.4 Å². The molecule has 0 saturated heterocycles. The molecule has 0 saturated carbocycles. The van der Waals surface area contributed by atoms with Crippen LogP contribution in [-0.2, 0) is 4.79 Å². The molecule has 1 aromatic heterocycles. The van der Waals surface area contributed by atoms with Gasteiger partial charge in [-0.2, -0.15) is 5.10 Å². The number of aromatic nitrogens is 3. The Hall–Kier alpha value is -2.70. The van der Waals surface area contributed by atoms with E-state index < -0.39 is 11.9 Å². The standard InChI is InChI=1S/C17H23N5O2/c1-10(2)14(15(18)23)21-17(24)13-7-5-6-12(8-13)16-19-9-20-22(16)11(3)4/h5-11,14H,1-4H3,(H2,18,23)(H,21,24)/t14-/m0/s1. The van der Waals surface area contributed by atoms with E-state index in [1.165, 1.54) is 6.33 Å². The molecule has 0 radical (unpaired) electrons. The van der Waals surface area contributed by atoms with Crippen molar-refractivity contribution in [3.05, 3.63) is 36.2 Å². The molecule has 0 spiro atoms. The Morgan fingerprint density at radius 3 is 2.50 bits per heavy atom. The van der Waals surface area contributed by atoms with Crippen LogP contribution in [0, 0.1) is 5.92 Å². The average molecular weight is 329 g/mol. The van der Waals surface area contributed by atoms with Crippen molar-refractivity contribution < 1.29 is 9.59 Å². The first-order valence-electron chi connectivity index (χ1n) is 7.91. The number of rotatable bonds is 6. The van der Waals surface area contributed by atoms with E-state index in [9.17, 15) is 9.59 Å². The van der Waals surface area contributed by atoms with E-state index in [-0.39, 0.29) is 17.9 Å². The van der Waals surface area contributed by atoms with Crippen LogP contribution in [0.2, 0.25) is 0 Å². The highest BCUT2D eigenvalue weighted by Crippen LogP contribution is 2.20. The molecule has 128 valence electrons. The molecule has 0 aliphatic heterocycles. The molecular weight excluding hydrogens is 306 g/mol. The Morgan fingerprint density at radius 1 is 1.21 bits per heavy atom. The van der Waals surface area contributed by atoms with Crippen LogP contribution in [0.4, 0.5) is 0 Å². The molecule has 1 heterocycles. The minimum absolute atomic E-state index is 0.0846. The first-order valence-corrected chi connectivity index (χ1v) is 7.91. The summed E-state index contributed by atoms with van der Waals surface area (Å²) in [5, 5.41) is 6.89. The van der Waals surface area contributed by atoms with Gasteiger partial charge < -0.3 is 11.1 Å². The number of amides is 2. The molecule has 3 N–H and O–H groups in total. The first kappa shape index (κ1) is 17.7. The normalized spacial score (nSPS) is 12.4. The molecule has 0 aliphatic carbocycles. The van der Waals surface area contributed by atoms with Crippen LogP contribution in [0.1, 0.15) is 44.1 Å². The number of nitrogens with zero attached hydrogens (tertiary/aromatic N) is 3. The smallest absolute Gasteiger partial charge is 0.251 e. The summed E-state index contributed by atoms with van der Waals surface area (Å²) in [7, 11) is 0. The summed E-state index contributed by atoms with van der Waals surface area (Å²) in [5.41, 5.74) is 6.58. The van der Waals surface area contributed by atoms with Gasteiger partial charge in [-0.25, -0.2) is 9.67 Å². The van der Waals surface area contributed by atoms with Crippen molar-refractivity contribution in [2.45, 2.75) is 39.8 Å². The summed E-state index contributed by atoms with van der Waals surface area (Å²) >= 11 is 0.